The Kier molecular flexibility index (Phi) is 11.9. The molecule has 3 N–H and O–H groups in total. The third-order valence-electron chi connectivity index (χ3n) is 6.44. The highest BCUT2D eigenvalue weighted by molar-refractivity contribution is 8.00. The molecule has 0 unspecified atom stereocenters. The quantitative estimate of drug-likeness (QED) is 0.109. The normalized spacial score (nSPS) is 10.8. The van der Waals surface area contributed by atoms with Crippen LogP contribution in [-0.2, 0) is 9.59 Å². The van der Waals surface area contributed by atoms with Gasteiger partial charge < -0.3 is 34.9 Å². The number of ether oxygens (including phenoxy) is 4. The first-order chi connectivity index (χ1) is 22.2. The van der Waals surface area contributed by atoms with Gasteiger partial charge in [0.2, 0.25) is 11.7 Å². The van der Waals surface area contributed by atoms with Crippen LogP contribution in [0.3, 0.4) is 0 Å². The second-order valence-electron chi connectivity index (χ2n) is 9.50. The summed E-state index contributed by atoms with van der Waals surface area (Å²) in [7, 11) is 5.98. The Morgan fingerprint density at radius 2 is 1.41 bits per heavy atom. The molecule has 4 aromatic rings. The molecule has 0 heterocycles. The highest BCUT2D eigenvalue weighted by Crippen LogP contribution is 2.38. The maximum absolute atomic E-state index is 13.5. The summed E-state index contributed by atoms with van der Waals surface area (Å²) in [4.78, 5) is 39.9. The summed E-state index contributed by atoms with van der Waals surface area (Å²) < 4.78 is 21.5. The number of nitrogens with one attached hydrogen (secondary N) is 3. The summed E-state index contributed by atoms with van der Waals surface area (Å²) in [5.41, 5.74) is 1.84. The molecule has 0 radical (unpaired) electrons. The Balaban J connectivity index is 1.49. The van der Waals surface area contributed by atoms with Gasteiger partial charge in [-0.15, -0.1) is 11.8 Å². The van der Waals surface area contributed by atoms with Crippen LogP contribution >= 0.6 is 23.4 Å². The second kappa shape index (κ2) is 16.3. The van der Waals surface area contributed by atoms with E-state index in [4.69, 9.17) is 30.5 Å². The third kappa shape index (κ3) is 8.96. The van der Waals surface area contributed by atoms with Crippen molar-refractivity contribution in [1.29, 1.82) is 0 Å². The number of carbonyl (C=O) groups is 3. The molecule has 12 heteroatoms. The molecule has 0 bridgehead atoms. The van der Waals surface area contributed by atoms with Crippen LogP contribution in [0.1, 0.15) is 15.9 Å². The average molecular weight is 662 g/mol. The lowest BCUT2D eigenvalue weighted by molar-refractivity contribution is -0.114. The molecule has 4 rings (SSSR count). The van der Waals surface area contributed by atoms with E-state index in [1.165, 1.54) is 46.3 Å². The monoisotopic (exact) mass is 661 g/mol. The van der Waals surface area contributed by atoms with Crippen molar-refractivity contribution in [3.05, 3.63) is 107 Å². The lowest BCUT2D eigenvalue weighted by Gasteiger charge is -2.15. The Morgan fingerprint density at radius 3 is 2.02 bits per heavy atom. The fraction of sp³-hybridized carbons (Fsp3) is 0.147. The lowest BCUT2D eigenvalue weighted by atomic mass is 10.1. The summed E-state index contributed by atoms with van der Waals surface area (Å²) in [5.74, 6) is 0.532. The summed E-state index contributed by atoms with van der Waals surface area (Å²) in [6.45, 7) is 0. The second-order valence-corrected chi connectivity index (χ2v) is 11.0. The zero-order valence-corrected chi connectivity index (χ0v) is 27.1. The van der Waals surface area contributed by atoms with Crippen LogP contribution in [0, 0.1) is 0 Å². The van der Waals surface area contributed by atoms with E-state index in [1.807, 2.05) is 0 Å². The van der Waals surface area contributed by atoms with E-state index in [0.29, 0.717) is 50.5 Å². The largest absolute Gasteiger partial charge is 0.495 e. The predicted molar refractivity (Wildman–Crippen MR) is 180 cm³/mol. The van der Waals surface area contributed by atoms with Gasteiger partial charge in [0.1, 0.15) is 11.4 Å². The number of benzene rings is 4. The number of hydrogen-bond donors (Lipinski definition) is 3. The van der Waals surface area contributed by atoms with Crippen molar-refractivity contribution in [3.63, 3.8) is 0 Å². The van der Waals surface area contributed by atoms with Gasteiger partial charge in [-0.05, 0) is 78.4 Å². The van der Waals surface area contributed by atoms with Gasteiger partial charge in [0.15, 0.2) is 11.5 Å². The number of rotatable bonds is 13. The molecule has 0 saturated heterocycles. The predicted octanol–water partition coefficient (Wildman–Crippen LogP) is 6.51. The highest BCUT2D eigenvalue weighted by atomic mass is 35.5. The minimum Gasteiger partial charge on any atom is -0.495 e. The Morgan fingerprint density at radius 1 is 0.761 bits per heavy atom. The number of halogens is 1. The molecule has 0 fully saturated rings. The zero-order valence-electron chi connectivity index (χ0n) is 25.5. The van der Waals surface area contributed by atoms with Gasteiger partial charge in [-0.2, -0.15) is 0 Å². The van der Waals surface area contributed by atoms with Crippen LogP contribution in [-0.4, -0.2) is 51.9 Å². The van der Waals surface area contributed by atoms with Crippen LogP contribution in [0.15, 0.2) is 95.5 Å². The van der Waals surface area contributed by atoms with Crippen molar-refractivity contribution >= 4 is 58.5 Å². The molecule has 0 aliphatic rings. The van der Waals surface area contributed by atoms with E-state index in [0.717, 1.165) is 4.90 Å². The molecular formula is C34H32ClN3O7S. The summed E-state index contributed by atoms with van der Waals surface area (Å²) in [6, 6.07) is 23.8. The first-order valence-corrected chi connectivity index (χ1v) is 15.2. The first kappa shape index (κ1) is 33.8. The van der Waals surface area contributed by atoms with Crippen LogP contribution in [0.4, 0.5) is 11.4 Å². The Bertz CT molecular complexity index is 1710. The molecule has 4 aromatic carbocycles. The molecule has 10 nitrogen and oxygen atoms in total. The summed E-state index contributed by atoms with van der Waals surface area (Å²) in [5, 5.41) is 8.81. The molecule has 0 saturated carbocycles. The first-order valence-electron chi connectivity index (χ1n) is 13.8. The minimum absolute atomic E-state index is 0.0188. The van der Waals surface area contributed by atoms with E-state index < -0.39 is 11.8 Å². The molecule has 0 spiro atoms. The van der Waals surface area contributed by atoms with Crippen LogP contribution in [0.5, 0.6) is 23.0 Å². The maximum atomic E-state index is 13.5. The molecule has 0 atom stereocenters. The van der Waals surface area contributed by atoms with Crippen LogP contribution < -0.4 is 34.9 Å². The molecule has 3 amide bonds. The smallest absolute Gasteiger partial charge is 0.272 e. The molecule has 0 aliphatic heterocycles. The van der Waals surface area contributed by atoms with Crippen molar-refractivity contribution in [1.82, 2.24) is 5.32 Å². The van der Waals surface area contributed by atoms with E-state index in [-0.39, 0.29) is 17.4 Å². The van der Waals surface area contributed by atoms with E-state index in [2.05, 4.69) is 16.0 Å². The fourth-order valence-electron chi connectivity index (χ4n) is 4.24. The standard InChI is InChI=1S/C34H32ClN3O7S/c1-42-28-15-10-23(35)19-26(28)37-31(39)20-46-25-13-11-24(12-14-25)36-34(41)27(38-33(40)22-8-6-5-7-9-22)16-21-17-29(43-2)32(45-4)30(18-21)44-3/h5-19H,20H2,1-4H3,(H,36,41)(H,37,39)(H,38,40)/b27-16-. The number of amides is 3. The third-order valence-corrected chi connectivity index (χ3v) is 7.69. The maximum Gasteiger partial charge on any atom is 0.272 e. The summed E-state index contributed by atoms with van der Waals surface area (Å²) >= 11 is 7.36. The van der Waals surface area contributed by atoms with Gasteiger partial charge in [0.05, 0.1) is 39.9 Å². The molecule has 238 valence electrons. The Hall–Kier alpha value is -5.13. The Labute approximate surface area is 276 Å². The minimum atomic E-state index is -0.562. The van der Waals surface area contributed by atoms with Gasteiger partial charge in [0, 0.05) is 21.2 Å². The van der Waals surface area contributed by atoms with Crippen molar-refractivity contribution in [2.24, 2.45) is 0 Å². The summed E-state index contributed by atoms with van der Waals surface area (Å²) in [6.07, 6.45) is 1.51. The average Bonchev–Trinajstić information content (AvgIpc) is 3.07. The molecular weight excluding hydrogens is 630 g/mol. The number of carbonyl (C=O) groups excluding carboxylic acids is 3. The number of methoxy groups -OCH3 is 4. The number of anilines is 2. The fourth-order valence-corrected chi connectivity index (χ4v) is 5.11. The van der Waals surface area contributed by atoms with Crippen molar-refractivity contribution < 1.29 is 33.3 Å². The SMILES string of the molecule is COc1ccc(Cl)cc1NC(=O)CSc1ccc(NC(=O)/C(=C/c2cc(OC)c(OC)c(OC)c2)NC(=O)c2ccccc2)cc1. The highest BCUT2D eigenvalue weighted by Gasteiger charge is 2.18. The van der Waals surface area contributed by atoms with Crippen molar-refractivity contribution in [3.8, 4) is 23.0 Å². The number of thioether (sulfide) groups is 1. The zero-order chi connectivity index (χ0) is 33.1. The van der Waals surface area contributed by atoms with Crippen LogP contribution in [0.2, 0.25) is 5.02 Å². The van der Waals surface area contributed by atoms with Gasteiger partial charge in [-0.25, -0.2) is 0 Å². The van der Waals surface area contributed by atoms with Gasteiger partial charge >= 0.3 is 0 Å². The van der Waals surface area contributed by atoms with Crippen molar-refractivity contribution in [2.75, 3.05) is 44.8 Å². The molecule has 0 aromatic heterocycles. The molecule has 0 aliphatic carbocycles. The van der Waals surface area contributed by atoms with Crippen LogP contribution in [0.25, 0.3) is 6.08 Å². The van der Waals surface area contributed by atoms with E-state index in [1.54, 1.807) is 84.9 Å². The van der Waals surface area contributed by atoms with E-state index >= 15 is 0 Å². The van der Waals surface area contributed by atoms with Gasteiger partial charge in [-0.3, -0.25) is 14.4 Å². The number of hydrogen-bond acceptors (Lipinski definition) is 8. The van der Waals surface area contributed by atoms with Gasteiger partial charge in [-0.1, -0.05) is 29.8 Å². The van der Waals surface area contributed by atoms with E-state index in [9.17, 15) is 14.4 Å². The van der Waals surface area contributed by atoms with Crippen molar-refractivity contribution in [2.45, 2.75) is 4.90 Å². The molecule has 46 heavy (non-hydrogen) atoms. The van der Waals surface area contributed by atoms with Gasteiger partial charge in [0.25, 0.3) is 11.8 Å². The lowest BCUT2D eigenvalue weighted by Crippen LogP contribution is -2.30. The topological polar surface area (TPSA) is 124 Å².